The van der Waals surface area contributed by atoms with Crippen molar-refractivity contribution in [2.75, 3.05) is 20.2 Å². The van der Waals surface area contributed by atoms with E-state index in [1.54, 1.807) is 0 Å². The van der Waals surface area contributed by atoms with Gasteiger partial charge in [0, 0.05) is 25.7 Å². The van der Waals surface area contributed by atoms with E-state index in [9.17, 15) is 4.79 Å². The van der Waals surface area contributed by atoms with Gasteiger partial charge in [0.15, 0.2) is 0 Å². The fraction of sp³-hybridized carbons (Fsp3) is 0.500. The average molecular weight is 246 g/mol. The number of methoxy groups -OCH3 is 1. The standard InChI is InChI=1S/C14H18N2O2/c1-18-14(17)15-13-11-8-16(9-12(11)13)7-10-5-3-2-4-6-10/h2-6,11-13H,7-9H2,1H3,(H,15,17)/t11-,12+,13?. The third-order valence-corrected chi connectivity index (χ3v) is 3.99. The Labute approximate surface area is 107 Å². The minimum atomic E-state index is -0.302. The first-order chi connectivity index (χ1) is 8.78. The van der Waals surface area contributed by atoms with Crippen molar-refractivity contribution >= 4 is 6.09 Å². The van der Waals surface area contributed by atoms with Crippen molar-refractivity contribution < 1.29 is 9.53 Å². The topological polar surface area (TPSA) is 41.6 Å². The van der Waals surface area contributed by atoms with Crippen LogP contribution < -0.4 is 5.32 Å². The van der Waals surface area contributed by atoms with Crippen molar-refractivity contribution in [2.24, 2.45) is 11.8 Å². The maximum Gasteiger partial charge on any atom is 0.407 e. The van der Waals surface area contributed by atoms with E-state index in [1.165, 1.54) is 12.7 Å². The highest BCUT2D eigenvalue weighted by Gasteiger charge is 2.56. The molecule has 1 saturated carbocycles. The molecule has 0 bridgehead atoms. The predicted molar refractivity (Wildman–Crippen MR) is 68.0 cm³/mol. The molecule has 1 heterocycles. The molecule has 3 rings (SSSR count). The van der Waals surface area contributed by atoms with E-state index in [1.807, 2.05) is 6.07 Å². The molecule has 1 aromatic carbocycles. The maximum atomic E-state index is 11.1. The number of carbonyl (C=O) groups excluding carboxylic acids is 1. The van der Waals surface area contributed by atoms with Gasteiger partial charge in [0.05, 0.1) is 7.11 Å². The number of alkyl carbamates (subject to hydrolysis) is 1. The highest BCUT2D eigenvalue weighted by atomic mass is 16.5. The number of amides is 1. The van der Waals surface area contributed by atoms with Crippen LogP contribution in [0.1, 0.15) is 5.56 Å². The number of likely N-dealkylation sites (tertiary alicyclic amines) is 1. The Morgan fingerprint density at radius 1 is 1.33 bits per heavy atom. The Balaban J connectivity index is 1.48. The first kappa shape index (κ1) is 11.5. The number of carbonyl (C=O) groups is 1. The maximum absolute atomic E-state index is 11.1. The van der Waals surface area contributed by atoms with Gasteiger partial charge in [0.25, 0.3) is 0 Å². The number of nitrogens with zero attached hydrogens (tertiary/aromatic N) is 1. The summed E-state index contributed by atoms with van der Waals surface area (Å²) >= 11 is 0. The molecule has 4 heteroatoms. The summed E-state index contributed by atoms with van der Waals surface area (Å²) in [5.74, 6) is 1.24. The van der Waals surface area contributed by atoms with Gasteiger partial charge in [-0.3, -0.25) is 4.90 Å². The van der Waals surface area contributed by atoms with Gasteiger partial charge in [-0.15, -0.1) is 0 Å². The summed E-state index contributed by atoms with van der Waals surface area (Å²) in [4.78, 5) is 13.6. The highest BCUT2D eigenvalue weighted by molar-refractivity contribution is 5.68. The molecule has 2 fully saturated rings. The van der Waals surface area contributed by atoms with Gasteiger partial charge < -0.3 is 10.1 Å². The minimum absolute atomic E-state index is 0.302. The monoisotopic (exact) mass is 246 g/mol. The van der Waals surface area contributed by atoms with E-state index in [4.69, 9.17) is 0 Å². The summed E-state index contributed by atoms with van der Waals surface area (Å²) in [7, 11) is 1.41. The Kier molecular flexibility index (Phi) is 2.96. The third kappa shape index (κ3) is 2.20. The van der Waals surface area contributed by atoms with Crippen LogP contribution in [0.4, 0.5) is 4.79 Å². The lowest BCUT2D eigenvalue weighted by molar-refractivity contribution is 0.167. The van der Waals surface area contributed by atoms with Gasteiger partial charge >= 0.3 is 6.09 Å². The van der Waals surface area contributed by atoms with Crippen LogP contribution >= 0.6 is 0 Å². The van der Waals surface area contributed by atoms with Crippen molar-refractivity contribution in [2.45, 2.75) is 12.6 Å². The Morgan fingerprint density at radius 3 is 2.61 bits per heavy atom. The molecule has 4 nitrogen and oxygen atoms in total. The van der Waals surface area contributed by atoms with Crippen LogP contribution in [-0.4, -0.2) is 37.2 Å². The summed E-state index contributed by atoms with van der Waals surface area (Å²) in [5, 5.41) is 2.90. The zero-order valence-electron chi connectivity index (χ0n) is 10.5. The molecule has 0 radical (unpaired) electrons. The van der Waals surface area contributed by atoms with Gasteiger partial charge in [-0.25, -0.2) is 4.79 Å². The normalized spacial score (nSPS) is 29.7. The van der Waals surface area contributed by atoms with Crippen LogP contribution in [-0.2, 0) is 11.3 Å². The van der Waals surface area contributed by atoms with Gasteiger partial charge in [-0.1, -0.05) is 30.3 Å². The second-order valence-corrected chi connectivity index (χ2v) is 5.17. The van der Waals surface area contributed by atoms with Crippen LogP contribution in [0.25, 0.3) is 0 Å². The van der Waals surface area contributed by atoms with Crippen molar-refractivity contribution in [1.82, 2.24) is 10.2 Å². The fourth-order valence-corrected chi connectivity index (χ4v) is 2.99. The molecule has 1 aromatic rings. The molecule has 2 aliphatic rings. The number of piperidine rings is 1. The molecule has 1 aliphatic heterocycles. The molecule has 96 valence electrons. The molecular weight excluding hydrogens is 228 g/mol. The van der Waals surface area contributed by atoms with Gasteiger partial charge in [0.1, 0.15) is 0 Å². The number of benzene rings is 1. The Hall–Kier alpha value is -1.55. The van der Waals surface area contributed by atoms with Crippen LogP contribution in [0.3, 0.4) is 0 Å². The Morgan fingerprint density at radius 2 is 2.00 bits per heavy atom. The minimum Gasteiger partial charge on any atom is -0.453 e. The lowest BCUT2D eigenvalue weighted by Crippen LogP contribution is -2.34. The second kappa shape index (κ2) is 4.61. The molecule has 1 unspecified atom stereocenters. The SMILES string of the molecule is COC(=O)NC1[C@H]2CN(Cc3ccccc3)C[C@@H]12. The largest absolute Gasteiger partial charge is 0.453 e. The van der Waals surface area contributed by atoms with E-state index in [2.05, 4.69) is 39.2 Å². The fourth-order valence-electron chi connectivity index (χ4n) is 2.99. The van der Waals surface area contributed by atoms with Gasteiger partial charge in [-0.05, 0) is 17.4 Å². The number of nitrogens with one attached hydrogen (secondary N) is 1. The van der Waals surface area contributed by atoms with Crippen molar-refractivity contribution in [3.63, 3.8) is 0 Å². The molecule has 1 amide bonds. The average Bonchev–Trinajstić information content (AvgIpc) is 2.85. The van der Waals surface area contributed by atoms with E-state index in [-0.39, 0.29) is 6.09 Å². The van der Waals surface area contributed by atoms with Crippen LogP contribution in [0.5, 0.6) is 0 Å². The summed E-state index contributed by atoms with van der Waals surface area (Å²) in [5.41, 5.74) is 1.36. The van der Waals surface area contributed by atoms with Crippen LogP contribution in [0, 0.1) is 11.8 Å². The third-order valence-electron chi connectivity index (χ3n) is 3.99. The lowest BCUT2D eigenvalue weighted by atomic mass is 10.2. The molecule has 0 spiro atoms. The first-order valence-corrected chi connectivity index (χ1v) is 6.38. The van der Waals surface area contributed by atoms with E-state index in [0.717, 1.165) is 19.6 Å². The zero-order chi connectivity index (χ0) is 12.5. The highest BCUT2D eigenvalue weighted by Crippen LogP contribution is 2.45. The molecule has 1 aliphatic carbocycles. The molecule has 18 heavy (non-hydrogen) atoms. The van der Waals surface area contributed by atoms with Crippen molar-refractivity contribution in [3.05, 3.63) is 35.9 Å². The number of hydrogen-bond donors (Lipinski definition) is 1. The predicted octanol–water partition coefficient (Wildman–Crippen LogP) is 1.47. The smallest absolute Gasteiger partial charge is 0.407 e. The summed E-state index contributed by atoms with van der Waals surface area (Å²) in [6, 6.07) is 10.9. The van der Waals surface area contributed by atoms with Crippen LogP contribution in [0.2, 0.25) is 0 Å². The lowest BCUT2D eigenvalue weighted by Gasteiger charge is -2.19. The molecule has 3 atom stereocenters. The molecule has 1 saturated heterocycles. The van der Waals surface area contributed by atoms with Gasteiger partial charge in [-0.2, -0.15) is 0 Å². The van der Waals surface area contributed by atoms with Crippen molar-refractivity contribution in [1.29, 1.82) is 0 Å². The molecule has 0 aromatic heterocycles. The molecular formula is C14H18N2O2. The summed E-state index contributed by atoms with van der Waals surface area (Å²) in [6.07, 6.45) is -0.302. The number of fused-ring (bicyclic) bond motifs is 1. The Bertz CT molecular complexity index is 423. The zero-order valence-corrected chi connectivity index (χ0v) is 10.5. The number of ether oxygens (including phenoxy) is 1. The summed E-state index contributed by atoms with van der Waals surface area (Å²) < 4.78 is 4.63. The number of hydrogen-bond acceptors (Lipinski definition) is 3. The van der Waals surface area contributed by atoms with E-state index >= 15 is 0 Å². The molecule has 1 N–H and O–H groups in total. The van der Waals surface area contributed by atoms with E-state index in [0.29, 0.717) is 17.9 Å². The van der Waals surface area contributed by atoms with E-state index < -0.39 is 0 Å². The number of rotatable bonds is 3. The van der Waals surface area contributed by atoms with Gasteiger partial charge in [0.2, 0.25) is 0 Å². The van der Waals surface area contributed by atoms with Crippen molar-refractivity contribution in [3.8, 4) is 0 Å². The first-order valence-electron chi connectivity index (χ1n) is 6.38. The second-order valence-electron chi connectivity index (χ2n) is 5.17. The quantitative estimate of drug-likeness (QED) is 0.878. The summed E-state index contributed by atoms with van der Waals surface area (Å²) in [6.45, 7) is 3.17. The van der Waals surface area contributed by atoms with Crippen LogP contribution in [0.15, 0.2) is 30.3 Å².